The lowest BCUT2D eigenvalue weighted by atomic mass is 9.96. The van der Waals surface area contributed by atoms with Crippen LogP contribution in [0.1, 0.15) is 53.6 Å². The highest BCUT2D eigenvalue weighted by Crippen LogP contribution is 2.45. The Balaban J connectivity index is 1.65. The van der Waals surface area contributed by atoms with Crippen LogP contribution in [0.15, 0.2) is 67.0 Å². The Bertz CT molecular complexity index is 1530. The van der Waals surface area contributed by atoms with Gasteiger partial charge in [-0.3, -0.25) is 9.78 Å². The zero-order valence-corrected chi connectivity index (χ0v) is 23.5. The molecule has 1 aromatic carbocycles. The molecule has 1 aliphatic heterocycles. The minimum absolute atomic E-state index is 0.0790. The van der Waals surface area contributed by atoms with Gasteiger partial charge in [-0.15, -0.1) is 0 Å². The molecule has 2 atom stereocenters. The summed E-state index contributed by atoms with van der Waals surface area (Å²) >= 11 is 5.93. The molecule has 1 amide bonds. The fraction of sp³-hybridized carbons (Fsp3) is 0.267. The number of anilines is 2. The molecular weight excluding hydrogens is 508 g/mol. The van der Waals surface area contributed by atoms with Crippen LogP contribution in [0.4, 0.5) is 11.4 Å². The highest BCUT2D eigenvalue weighted by molar-refractivity contribution is 7.80. The molecule has 3 aromatic heterocycles. The van der Waals surface area contributed by atoms with Gasteiger partial charge in [0, 0.05) is 42.0 Å². The van der Waals surface area contributed by atoms with Crippen LogP contribution in [0.25, 0.3) is 5.82 Å². The third-order valence-electron chi connectivity index (χ3n) is 7.08. The maximum Gasteiger partial charge on any atom is 0.224 e. The number of benzene rings is 1. The van der Waals surface area contributed by atoms with Crippen LogP contribution in [-0.2, 0) is 4.79 Å². The van der Waals surface area contributed by atoms with Gasteiger partial charge < -0.3 is 24.8 Å². The zero-order chi connectivity index (χ0) is 27.7. The molecule has 0 spiro atoms. The maximum atomic E-state index is 12.1. The van der Waals surface area contributed by atoms with Crippen LogP contribution in [0.2, 0.25) is 0 Å². The first-order valence-corrected chi connectivity index (χ1v) is 13.3. The van der Waals surface area contributed by atoms with Gasteiger partial charge in [0.15, 0.2) is 5.11 Å². The van der Waals surface area contributed by atoms with Crippen molar-refractivity contribution in [3.05, 3.63) is 95.2 Å². The fourth-order valence-electron chi connectivity index (χ4n) is 5.20. The Morgan fingerprint density at radius 1 is 1.08 bits per heavy atom. The van der Waals surface area contributed by atoms with Crippen molar-refractivity contribution in [2.24, 2.45) is 0 Å². The molecule has 2 unspecified atom stereocenters. The molecular formula is C30H32N6O2S. The van der Waals surface area contributed by atoms with Crippen molar-refractivity contribution in [2.45, 2.75) is 46.2 Å². The van der Waals surface area contributed by atoms with E-state index >= 15 is 0 Å². The summed E-state index contributed by atoms with van der Waals surface area (Å²) in [4.78, 5) is 23.5. The average molecular weight is 541 g/mol. The second kappa shape index (κ2) is 10.9. The second-order valence-corrected chi connectivity index (χ2v) is 10.0. The van der Waals surface area contributed by atoms with Crippen molar-refractivity contribution in [2.75, 3.05) is 17.3 Å². The Kier molecular flexibility index (Phi) is 7.34. The molecule has 5 rings (SSSR count). The van der Waals surface area contributed by atoms with Crippen LogP contribution in [-0.4, -0.2) is 32.7 Å². The van der Waals surface area contributed by atoms with Crippen molar-refractivity contribution >= 4 is 34.6 Å². The van der Waals surface area contributed by atoms with Gasteiger partial charge in [0.2, 0.25) is 5.91 Å². The van der Waals surface area contributed by atoms with Gasteiger partial charge in [0.05, 0.1) is 30.6 Å². The topological polar surface area (TPSA) is 84.3 Å². The highest BCUT2D eigenvalue weighted by Gasteiger charge is 2.42. The second-order valence-electron chi connectivity index (χ2n) is 9.64. The van der Waals surface area contributed by atoms with E-state index in [-0.39, 0.29) is 18.0 Å². The number of ether oxygens (including phenoxy) is 1. The predicted molar refractivity (Wildman–Crippen MR) is 158 cm³/mol. The van der Waals surface area contributed by atoms with Crippen molar-refractivity contribution in [3.8, 4) is 11.6 Å². The molecule has 2 N–H and O–H groups in total. The summed E-state index contributed by atoms with van der Waals surface area (Å²) in [7, 11) is 1.60. The monoisotopic (exact) mass is 540 g/mol. The molecule has 0 saturated carbocycles. The van der Waals surface area contributed by atoms with Gasteiger partial charge in [0.1, 0.15) is 11.6 Å². The maximum absolute atomic E-state index is 12.1. The Morgan fingerprint density at radius 3 is 2.59 bits per heavy atom. The lowest BCUT2D eigenvalue weighted by Crippen LogP contribution is -2.29. The lowest BCUT2D eigenvalue weighted by molar-refractivity contribution is -0.115. The molecule has 1 fully saturated rings. The number of carbonyl (C=O) groups is 1. The van der Waals surface area contributed by atoms with Gasteiger partial charge in [-0.25, -0.2) is 4.98 Å². The molecule has 200 valence electrons. The Morgan fingerprint density at radius 2 is 1.90 bits per heavy atom. The van der Waals surface area contributed by atoms with Gasteiger partial charge in [-0.2, -0.15) is 0 Å². The molecule has 0 radical (unpaired) electrons. The lowest BCUT2D eigenvalue weighted by Gasteiger charge is -2.29. The molecule has 9 heteroatoms. The largest absolute Gasteiger partial charge is 0.494 e. The third kappa shape index (κ3) is 4.97. The standard InChI is InChI=1S/C30H32N6O2S/c1-6-27(37)33-23-11-10-21(17-25(23)38-5)36-29(28(34-30(36)39)24-9-7-8-13-31-24)22-16-19(3)35(20(22)4)26-15-18(2)12-14-32-26/h7-17,28-29H,6H2,1-5H3,(H,33,37)(H,34,39). The van der Waals surface area contributed by atoms with E-state index in [0.717, 1.165) is 39.7 Å². The Hall–Kier alpha value is -4.24. The molecule has 0 bridgehead atoms. The summed E-state index contributed by atoms with van der Waals surface area (Å²) in [6, 6.07) is 17.5. The molecule has 0 aliphatic carbocycles. The summed E-state index contributed by atoms with van der Waals surface area (Å²) in [5.74, 6) is 1.36. The van der Waals surface area contributed by atoms with Crippen molar-refractivity contribution in [3.63, 3.8) is 0 Å². The molecule has 1 saturated heterocycles. The number of aromatic nitrogens is 3. The molecule has 1 aliphatic rings. The van der Waals surface area contributed by atoms with Crippen LogP contribution >= 0.6 is 12.2 Å². The number of carbonyl (C=O) groups excluding carboxylic acids is 1. The smallest absolute Gasteiger partial charge is 0.224 e. The summed E-state index contributed by atoms with van der Waals surface area (Å²) in [5.41, 5.74) is 6.77. The summed E-state index contributed by atoms with van der Waals surface area (Å²) in [6.07, 6.45) is 4.02. The van der Waals surface area contributed by atoms with Crippen molar-refractivity contribution in [1.29, 1.82) is 0 Å². The van der Waals surface area contributed by atoms with Crippen LogP contribution in [0.5, 0.6) is 5.75 Å². The van der Waals surface area contributed by atoms with Crippen LogP contribution in [0.3, 0.4) is 0 Å². The number of pyridine rings is 2. The minimum atomic E-state index is -0.196. The normalized spacial score (nSPS) is 16.7. The number of rotatable bonds is 7. The molecule has 4 aromatic rings. The average Bonchev–Trinajstić information content (AvgIpc) is 3.43. The van der Waals surface area contributed by atoms with E-state index in [0.29, 0.717) is 23.0 Å². The quantitative estimate of drug-likeness (QED) is 0.290. The number of nitrogens with one attached hydrogen (secondary N) is 2. The van der Waals surface area contributed by atoms with Gasteiger partial charge in [-0.05, 0) is 86.6 Å². The summed E-state index contributed by atoms with van der Waals surface area (Å²) < 4.78 is 7.85. The third-order valence-corrected chi connectivity index (χ3v) is 7.39. The van der Waals surface area contributed by atoms with E-state index in [1.807, 2.05) is 55.6 Å². The number of methoxy groups -OCH3 is 1. The highest BCUT2D eigenvalue weighted by atomic mass is 32.1. The van der Waals surface area contributed by atoms with Crippen molar-refractivity contribution in [1.82, 2.24) is 19.9 Å². The van der Waals surface area contributed by atoms with E-state index in [4.69, 9.17) is 17.0 Å². The van der Waals surface area contributed by atoms with Crippen molar-refractivity contribution < 1.29 is 9.53 Å². The van der Waals surface area contributed by atoms with Crippen LogP contribution in [0, 0.1) is 20.8 Å². The first-order valence-electron chi connectivity index (χ1n) is 12.9. The number of thiocarbonyl (C=S) groups is 1. The first kappa shape index (κ1) is 26.4. The van der Waals surface area contributed by atoms with E-state index in [1.54, 1.807) is 13.3 Å². The molecule has 8 nitrogen and oxygen atoms in total. The van der Waals surface area contributed by atoms with E-state index < -0.39 is 0 Å². The Labute approximate surface area is 234 Å². The van der Waals surface area contributed by atoms with Gasteiger partial charge >= 0.3 is 0 Å². The van der Waals surface area contributed by atoms with E-state index in [9.17, 15) is 4.79 Å². The summed E-state index contributed by atoms with van der Waals surface area (Å²) in [6.45, 7) is 8.09. The number of hydrogen-bond acceptors (Lipinski definition) is 5. The molecule has 39 heavy (non-hydrogen) atoms. The number of hydrogen-bond donors (Lipinski definition) is 2. The number of amides is 1. The zero-order valence-electron chi connectivity index (χ0n) is 22.7. The van der Waals surface area contributed by atoms with Gasteiger partial charge in [-0.1, -0.05) is 13.0 Å². The number of nitrogens with zero attached hydrogens (tertiary/aromatic N) is 4. The number of aryl methyl sites for hydroxylation is 2. The summed E-state index contributed by atoms with van der Waals surface area (Å²) in [5, 5.41) is 7.02. The van der Waals surface area contributed by atoms with Crippen LogP contribution < -0.4 is 20.3 Å². The fourth-order valence-corrected chi connectivity index (χ4v) is 5.55. The van der Waals surface area contributed by atoms with E-state index in [1.165, 1.54) is 0 Å². The van der Waals surface area contributed by atoms with E-state index in [2.05, 4.69) is 63.0 Å². The SMILES string of the molecule is CCC(=O)Nc1ccc(N2C(=S)NC(c3ccccn3)C2c2cc(C)n(-c3cc(C)ccn3)c2C)cc1OC. The minimum Gasteiger partial charge on any atom is -0.494 e. The first-order chi connectivity index (χ1) is 18.8. The predicted octanol–water partition coefficient (Wildman–Crippen LogP) is 5.73. The van der Waals surface area contributed by atoms with Gasteiger partial charge in [0.25, 0.3) is 0 Å². The molecule has 4 heterocycles.